The number of nitrogens with zero attached hydrogens (tertiary/aromatic N) is 1. The van der Waals surface area contributed by atoms with Crippen molar-refractivity contribution in [1.29, 1.82) is 0 Å². The number of anilines is 1. The first-order valence-electron chi connectivity index (χ1n) is 8.11. The van der Waals surface area contributed by atoms with Crippen LogP contribution in [0.1, 0.15) is 0 Å². The van der Waals surface area contributed by atoms with Crippen LogP contribution in [0.2, 0.25) is 0 Å². The minimum atomic E-state index is -3.50. The molecule has 0 saturated heterocycles. The molecule has 6 nitrogen and oxygen atoms in total. The highest BCUT2D eigenvalue weighted by molar-refractivity contribution is 7.89. The van der Waals surface area contributed by atoms with Gasteiger partial charge < -0.3 is 9.46 Å². The molecule has 8 heteroatoms. The Bertz CT molecular complexity index is 1090. The normalized spacial score (nSPS) is 12.9. The second kappa shape index (κ2) is 7.67. The van der Waals surface area contributed by atoms with Crippen LogP contribution in [0.15, 0.2) is 70.5 Å². The quantitative estimate of drug-likeness (QED) is 0.684. The Hall–Kier alpha value is -2.42. The molecule has 0 unspecified atom stereocenters. The number of methoxy groups -OCH3 is 1. The molecular formula is C19H20N2O4S2. The Morgan fingerprint density at radius 3 is 2.26 bits per heavy atom. The molecule has 0 aliphatic heterocycles. The van der Waals surface area contributed by atoms with E-state index >= 15 is 0 Å². The highest BCUT2D eigenvalue weighted by Gasteiger charge is 2.18. The number of ether oxygens (including phenoxy) is 1. The fourth-order valence-electron chi connectivity index (χ4n) is 2.64. The van der Waals surface area contributed by atoms with Gasteiger partial charge in [-0.25, -0.2) is 16.9 Å². The molecule has 3 aromatic rings. The number of hydrogen-bond acceptors (Lipinski definition) is 4. The van der Waals surface area contributed by atoms with E-state index in [0.29, 0.717) is 16.3 Å². The first-order chi connectivity index (χ1) is 12.8. The van der Waals surface area contributed by atoms with E-state index < -0.39 is 21.0 Å². The lowest BCUT2D eigenvalue weighted by Gasteiger charge is -2.14. The maximum Gasteiger partial charge on any atom is 0.242 e. The summed E-state index contributed by atoms with van der Waals surface area (Å²) in [6.45, 7) is 0. The van der Waals surface area contributed by atoms with Crippen LogP contribution >= 0.6 is 0 Å². The average Bonchev–Trinajstić information content (AvgIpc) is 2.67. The minimum absolute atomic E-state index is 0.173. The Labute approximate surface area is 161 Å². The topological polar surface area (TPSA) is 75.7 Å². The lowest BCUT2D eigenvalue weighted by molar-refractivity contribution is 0.405. The molecule has 0 radical (unpaired) electrons. The monoisotopic (exact) mass is 404 g/mol. The number of nitrogens with one attached hydrogen (secondary N) is 1. The van der Waals surface area contributed by atoms with Crippen molar-refractivity contribution >= 4 is 37.5 Å². The van der Waals surface area contributed by atoms with Crippen molar-refractivity contribution in [2.75, 3.05) is 25.9 Å². The molecule has 0 heterocycles. The molecule has 0 aliphatic carbocycles. The summed E-state index contributed by atoms with van der Waals surface area (Å²) in [6.07, 6.45) is 0. The summed E-state index contributed by atoms with van der Waals surface area (Å²) in [5.41, 5.74) is 0.543. The molecule has 0 fully saturated rings. The summed E-state index contributed by atoms with van der Waals surface area (Å²) in [4.78, 5) is 0.715. The molecule has 3 aromatic carbocycles. The van der Waals surface area contributed by atoms with Gasteiger partial charge in [-0.15, -0.1) is 0 Å². The Morgan fingerprint density at radius 2 is 1.63 bits per heavy atom. The summed E-state index contributed by atoms with van der Waals surface area (Å²) in [5.74, 6) is 0.520. The van der Waals surface area contributed by atoms with Gasteiger partial charge in [-0.2, -0.15) is 0 Å². The van der Waals surface area contributed by atoms with Crippen molar-refractivity contribution in [2.24, 2.45) is 0 Å². The van der Waals surface area contributed by atoms with Crippen molar-refractivity contribution in [1.82, 2.24) is 4.31 Å². The van der Waals surface area contributed by atoms with Gasteiger partial charge in [0, 0.05) is 25.2 Å². The Morgan fingerprint density at radius 1 is 0.963 bits per heavy atom. The van der Waals surface area contributed by atoms with E-state index in [0.717, 1.165) is 15.1 Å². The Kier molecular flexibility index (Phi) is 5.50. The van der Waals surface area contributed by atoms with Crippen LogP contribution in [0.4, 0.5) is 5.69 Å². The maximum atomic E-state index is 13.0. The summed E-state index contributed by atoms with van der Waals surface area (Å²) < 4.78 is 46.7. The number of sulfonamides is 1. The van der Waals surface area contributed by atoms with Gasteiger partial charge in [0.25, 0.3) is 0 Å². The molecule has 27 heavy (non-hydrogen) atoms. The fourth-order valence-corrected chi connectivity index (χ4v) is 4.71. The molecule has 0 bridgehead atoms. The van der Waals surface area contributed by atoms with E-state index in [2.05, 4.69) is 4.72 Å². The molecular weight excluding hydrogens is 384 g/mol. The zero-order valence-electron chi connectivity index (χ0n) is 15.2. The van der Waals surface area contributed by atoms with Crippen LogP contribution in [-0.2, 0) is 21.0 Å². The van der Waals surface area contributed by atoms with Crippen LogP contribution < -0.4 is 9.46 Å². The third kappa shape index (κ3) is 3.83. The van der Waals surface area contributed by atoms with E-state index in [1.165, 1.54) is 33.3 Å². The van der Waals surface area contributed by atoms with Gasteiger partial charge in [-0.3, -0.25) is 0 Å². The van der Waals surface area contributed by atoms with Crippen molar-refractivity contribution in [3.8, 4) is 5.75 Å². The van der Waals surface area contributed by atoms with Crippen LogP contribution in [0.5, 0.6) is 5.75 Å². The average molecular weight is 405 g/mol. The molecule has 0 aromatic heterocycles. The molecule has 1 N–H and O–H groups in total. The van der Waals surface area contributed by atoms with Gasteiger partial charge in [0.1, 0.15) is 10.6 Å². The highest BCUT2D eigenvalue weighted by Crippen LogP contribution is 2.31. The van der Waals surface area contributed by atoms with Crippen molar-refractivity contribution in [3.05, 3.63) is 60.7 Å². The summed E-state index contributed by atoms with van der Waals surface area (Å²) >= 11 is 0. The van der Waals surface area contributed by atoms with Crippen molar-refractivity contribution < 1.29 is 17.4 Å². The zero-order chi connectivity index (χ0) is 19.6. The Balaban J connectivity index is 1.94. The van der Waals surface area contributed by atoms with Crippen LogP contribution in [0, 0.1) is 0 Å². The third-order valence-corrected chi connectivity index (χ3v) is 7.13. The van der Waals surface area contributed by atoms with Crippen molar-refractivity contribution in [2.45, 2.75) is 9.79 Å². The molecule has 0 spiro atoms. The number of benzene rings is 3. The minimum Gasteiger partial charge on any atom is -0.495 e. The maximum absolute atomic E-state index is 13.0. The van der Waals surface area contributed by atoms with E-state index in [-0.39, 0.29) is 4.90 Å². The van der Waals surface area contributed by atoms with E-state index in [1.54, 1.807) is 18.2 Å². The second-order valence-corrected chi connectivity index (χ2v) is 9.30. The van der Waals surface area contributed by atoms with Gasteiger partial charge in [0.15, 0.2) is 11.0 Å². The predicted molar refractivity (Wildman–Crippen MR) is 108 cm³/mol. The molecule has 3 rings (SSSR count). The van der Waals surface area contributed by atoms with Gasteiger partial charge in [0.2, 0.25) is 10.0 Å². The smallest absolute Gasteiger partial charge is 0.242 e. The third-order valence-electron chi connectivity index (χ3n) is 4.09. The number of hydrogen-bond donors (Lipinski definition) is 1. The van der Waals surface area contributed by atoms with E-state index in [9.17, 15) is 12.6 Å². The van der Waals surface area contributed by atoms with Gasteiger partial charge >= 0.3 is 0 Å². The lowest BCUT2D eigenvalue weighted by Crippen LogP contribution is -2.22. The standard InChI is InChI=1S/C19H20N2O4S2/c1-21(2)27(23,24)16-11-9-15(10-12-16)20-26(22)19-17-7-5-4-6-14(17)8-13-18(19)25-3/h4-13,20H,1-3H3/t26-/m1/s1. The van der Waals surface area contributed by atoms with E-state index in [4.69, 9.17) is 4.74 Å². The van der Waals surface area contributed by atoms with Crippen LogP contribution in [0.25, 0.3) is 10.8 Å². The first kappa shape index (κ1) is 19.3. The second-order valence-electron chi connectivity index (χ2n) is 6.00. The van der Waals surface area contributed by atoms with Gasteiger partial charge in [-0.1, -0.05) is 30.3 Å². The molecule has 1 atom stereocenters. The highest BCUT2D eigenvalue weighted by atomic mass is 32.2. The van der Waals surface area contributed by atoms with Gasteiger partial charge in [-0.05, 0) is 35.7 Å². The lowest BCUT2D eigenvalue weighted by atomic mass is 10.1. The first-order valence-corrected chi connectivity index (χ1v) is 10.7. The molecule has 0 saturated carbocycles. The number of rotatable bonds is 6. The van der Waals surface area contributed by atoms with Crippen LogP contribution in [-0.4, -0.2) is 38.1 Å². The fraction of sp³-hybridized carbons (Fsp3) is 0.158. The summed E-state index contributed by atoms with van der Waals surface area (Å²) in [5, 5.41) is 1.78. The summed E-state index contributed by atoms with van der Waals surface area (Å²) in [6, 6.07) is 17.5. The van der Waals surface area contributed by atoms with Crippen molar-refractivity contribution in [3.63, 3.8) is 0 Å². The molecule has 0 amide bonds. The summed E-state index contributed by atoms with van der Waals surface area (Å²) in [7, 11) is -0.611. The zero-order valence-corrected chi connectivity index (χ0v) is 16.8. The van der Waals surface area contributed by atoms with Crippen LogP contribution in [0.3, 0.4) is 0 Å². The molecule has 0 aliphatic rings. The van der Waals surface area contributed by atoms with E-state index in [1.807, 2.05) is 30.3 Å². The number of fused-ring (bicyclic) bond motifs is 1. The SMILES string of the molecule is COc1ccc2ccccc2c1[S@@](=O)Nc1ccc(S(=O)(=O)N(C)C)cc1. The predicted octanol–water partition coefficient (Wildman–Crippen LogP) is 3.23. The van der Waals surface area contributed by atoms with Gasteiger partial charge in [0.05, 0.1) is 12.0 Å². The largest absolute Gasteiger partial charge is 0.495 e. The molecule has 142 valence electrons.